The first-order valence-electron chi connectivity index (χ1n) is 11.9. The maximum atomic E-state index is 13.6. The molecule has 0 aliphatic carbocycles. The van der Waals surface area contributed by atoms with E-state index in [1.807, 2.05) is 42.5 Å². The second kappa shape index (κ2) is 9.15. The first-order valence-corrected chi connectivity index (χ1v) is 11.9. The molecule has 3 aromatic carbocycles. The number of hydrogen-bond donors (Lipinski definition) is 2. The fourth-order valence-corrected chi connectivity index (χ4v) is 5.14. The van der Waals surface area contributed by atoms with Crippen LogP contribution in [0.3, 0.4) is 0 Å². The largest absolute Gasteiger partial charge is 0.478 e. The fraction of sp³-hybridized carbons (Fsp3) is 0.172. The van der Waals surface area contributed by atoms with Crippen LogP contribution < -0.4 is 14.8 Å². The molecule has 0 fully saturated rings. The monoisotopic (exact) mass is 496 g/mol. The molecule has 3 heterocycles. The average Bonchev–Trinajstić information content (AvgIpc) is 3.54. The van der Waals surface area contributed by atoms with Crippen LogP contribution >= 0.6 is 0 Å². The van der Waals surface area contributed by atoms with Crippen LogP contribution in [0.15, 0.2) is 84.1 Å². The minimum absolute atomic E-state index is 0.167. The number of nitrogens with one attached hydrogen (secondary N) is 1. The van der Waals surface area contributed by atoms with Crippen LogP contribution in [0.25, 0.3) is 6.08 Å². The van der Waals surface area contributed by atoms with Crippen molar-refractivity contribution in [2.45, 2.75) is 12.1 Å². The highest BCUT2D eigenvalue weighted by Crippen LogP contribution is 2.49. The van der Waals surface area contributed by atoms with Crippen molar-refractivity contribution in [2.24, 2.45) is 0 Å². The van der Waals surface area contributed by atoms with Crippen molar-refractivity contribution in [2.75, 3.05) is 25.8 Å². The van der Waals surface area contributed by atoms with Gasteiger partial charge in [0.15, 0.2) is 11.5 Å². The second-order valence-electron chi connectivity index (χ2n) is 9.01. The third kappa shape index (κ3) is 4.01. The smallest absolute Gasteiger partial charge is 0.335 e. The fourth-order valence-electron chi connectivity index (χ4n) is 5.14. The summed E-state index contributed by atoms with van der Waals surface area (Å²) in [7, 11) is 1.68. The lowest BCUT2D eigenvalue weighted by molar-refractivity contribution is -0.126. The summed E-state index contributed by atoms with van der Waals surface area (Å²) in [5, 5.41) is 12.7. The van der Waals surface area contributed by atoms with Gasteiger partial charge in [0, 0.05) is 42.3 Å². The van der Waals surface area contributed by atoms with E-state index in [0.717, 1.165) is 33.6 Å². The first-order chi connectivity index (χ1) is 18.0. The zero-order valence-electron chi connectivity index (χ0n) is 20.0. The number of para-hydroxylation sites is 1. The van der Waals surface area contributed by atoms with E-state index in [2.05, 4.69) is 5.32 Å². The summed E-state index contributed by atoms with van der Waals surface area (Å²) in [5.74, 6) is 0.149. The predicted octanol–water partition coefficient (Wildman–Crippen LogP) is 4.78. The van der Waals surface area contributed by atoms with Gasteiger partial charge in [0.2, 0.25) is 12.7 Å². The molecule has 8 heteroatoms. The molecule has 1 amide bonds. The van der Waals surface area contributed by atoms with E-state index in [4.69, 9.17) is 19.3 Å². The molecule has 37 heavy (non-hydrogen) atoms. The minimum Gasteiger partial charge on any atom is -0.478 e. The molecule has 3 aromatic rings. The molecule has 3 aliphatic heterocycles. The molecule has 6 rings (SSSR count). The maximum Gasteiger partial charge on any atom is 0.335 e. The third-order valence-electron chi connectivity index (χ3n) is 6.91. The summed E-state index contributed by atoms with van der Waals surface area (Å²) in [6.07, 6.45) is 2.93. The Morgan fingerprint density at radius 1 is 1.05 bits per heavy atom. The van der Waals surface area contributed by atoms with E-state index < -0.39 is 5.97 Å². The Morgan fingerprint density at radius 3 is 2.62 bits per heavy atom. The molecule has 186 valence electrons. The molecule has 0 bridgehead atoms. The number of carboxylic acids is 1. The lowest BCUT2D eigenvalue weighted by Gasteiger charge is -2.30. The average molecular weight is 497 g/mol. The Labute approximate surface area is 213 Å². The molecule has 3 aliphatic rings. The number of amides is 1. The van der Waals surface area contributed by atoms with Gasteiger partial charge in [-0.15, -0.1) is 0 Å². The van der Waals surface area contributed by atoms with Crippen LogP contribution in [0.5, 0.6) is 11.5 Å². The number of anilines is 1. The lowest BCUT2D eigenvalue weighted by atomic mass is 9.92. The Balaban J connectivity index is 1.36. The Kier molecular flexibility index (Phi) is 5.65. The number of nitrogens with zero attached hydrogens (tertiary/aromatic N) is 1. The summed E-state index contributed by atoms with van der Waals surface area (Å²) in [6, 6.07) is 19.7. The van der Waals surface area contributed by atoms with Crippen LogP contribution in [0.2, 0.25) is 0 Å². The van der Waals surface area contributed by atoms with Gasteiger partial charge in [-0.2, -0.15) is 0 Å². The summed E-state index contributed by atoms with van der Waals surface area (Å²) < 4.78 is 17.0. The van der Waals surface area contributed by atoms with E-state index in [-0.39, 0.29) is 30.4 Å². The summed E-state index contributed by atoms with van der Waals surface area (Å²) >= 11 is 0. The summed E-state index contributed by atoms with van der Waals surface area (Å²) in [6.45, 7) is 0.552. The highest BCUT2D eigenvalue weighted by molar-refractivity contribution is 5.94. The number of hydrogen-bond acceptors (Lipinski definition) is 6. The van der Waals surface area contributed by atoms with Gasteiger partial charge in [-0.3, -0.25) is 4.79 Å². The van der Waals surface area contributed by atoms with Gasteiger partial charge in [-0.05, 0) is 47.5 Å². The predicted molar refractivity (Wildman–Crippen MR) is 136 cm³/mol. The second-order valence-corrected chi connectivity index (χ2v) is 9.01. The molecular formula is C29H24N2O6. The molecular weight excluding hydrogens is 472 g/mol. The van der Waals surface area contributed by atoms with E-state index in [1.54, 1.807) is 30.2 Å². The number of carbonyl (C=O) groups excluding carboxylic acids is 1. The molecule has 2 unspecified atom stereocenters. The van der Waals surface area contributed by atoms with E-state index in [1.165, 1.54) is 18.2 Å². The number of benzene rings is 3. The molecule has 2 atom stereocenters. The molecule has 8 nitrogen and oxygen atoms in total. The van der Waals surface area contributed by atoms with Gasteiger partial charge in [0.05, 0.1) is 11.6 Å². The number of ether oxygens (including phenoxy) is 3. The zero-order chi connectivity index (χ0) is 25.5. The topological polar surface area (TPSA) is 97.3 Å². The maximum absolute atomic E-state index is 13.6. The van der Waals surface area contributed by atoms with E-state index in [9.17, 15) is 9.59 Å². The van der Waals surface area contributed by atoms with Crippen LogP contribution in [0, 0.1) is 0 Å². The highest BCUT2D eigenvalue weighted by atomic mass is 16.7. The number of fused-ring (bicyclic) bond motifs is 2. The van der Waals surface area contributed by atoms with Gasteiger partial charge in [0.1, 0.15) is 6.10 Å². The molecule has 0 saturated heterocycles. The Bertz CT molecular complexity index is 1460. The molecule has 0 aromatic heterocycles. The van der Waals surface area contributed by atoms with Crippen LogP contribution in [-0.2, 0) is 9.53 Å². The number of methoxy groups -OCH3 is 1. The standard InChI is InChI=1S/C29H24N2O6/c1-35-28-20-4-2-3-5-22(20)30-26-21(28)15-31(27(26)19-11-12-23-24(14-19)37-16-36-23)25(32)13-8-17-6-9-18(10-7-17)29(33)34/h2-14,27-28,30H,15-16H2,1H3,(H,33,34)/b13-8+. The molecule has 2 N–H and O–H groups in total. The van der Waals surface area contributed by atoms with Crippen molar-refractivity contribution in [1.82, 2.24) is 4.90 Å². The van der Waals surface area contributed by atoms with E-state index in [0.29, 0.717) is 18.0 Å². The molecule has 0 radical (unpaired) electrons. The van der Waals surface area contributed by atoms with Gasteiger partial charge in [-0.25, -0.2) is 4.79 Å². The quantitative estimate of drug-likeness (QED) is 0.491. The lowest BCUT2D eigenvalue weighted by Crippen LogP contribution is -2.31. The Morgan fingerprint density at radius 2 is 1.84 bits per heavy atom. The van der Waals surface area contributed by atoms with Crippen LogP contribution in [0.4, 0.5) is 5.69 Å². The van der Waals surface area contributed by atoms with Crippen LogP contribution in [-0.4, -0.2) is 42.3 Å². The number of rotatable bonds is 5. The van der Waals surface area contributed by atoms with Crippen molar-refractivity contribution >= 4 is 23.6 Å². The van der Waals surface area contributed by atoms with E-state index >= 15 is 0 Å². The number of carboxylic acid groups (broad SMARTS) is 1. The van der Waals surface area contributed by atoms with Gasteiger partial charge >= 0.3 is 5.97 Å². The normalized spacial score (nSPS) is 19.5. The van der Waals surface area contributed by atoms with Crippen molar-refractivity contribution in [1.29, 1.82) is 0 Å². The first kappa shape index (κ1) is 22.9. The molecule has 0 saturated carbocycles. The van der Waals surface area contributed by atoms with Crippen molar-refractivity contribution < 1.29 is 28.9 Å². The van der Waals surface area contributed by atoms with Gasteiger partial charge in [-0.1, -0.05) is 36.4 Å². The number of carbonyl (C=O) groups is 2. The van der Waals surface area contributed by atoms with Crippen molar-refractivity contribution in [3.05, 3.63) is 106 Å². The summed E-state index contributed by atoms with van der Waals surface area (Å²) in [5.41, 5.74) is 5.70. The SMILES string of the molecule is COC1C2=C(Nc3ccccc31)C(c1ccc3c(c1)OCO3)N(C(=O)/C=C/c1ccc(C(=O)O)cc1)C2. The number of aromatic carboxylic acids is 1. The Hall–Kier alpha value is -4.56. The molecule has 0 spiro atoms. The van der Waals surface area contributed by atoms with Gasteiger partial charge < -0.3 is 29.5 Å². The van der Waals surface area contributed by atoms with Crippen LogP contribution in [0.1, 0.15) is 39.2 Å². The van der Waals surface area contributed by atoms with Crippen molar-refractivity contribution in [3.63, 3.8) is 0 Å². The highest BCUT2D eigenvalue weighted by Gasteiger charge is 2.42. The third-order valence-corrected chi connectivity index (χ3v) is 6.91. The minimum atomic E-state index is -0.993. The van der Waals surface area contributed by atoms with Crippen molar-refractivity contribution in [3.8, 4) is 11.5 Å². The zero-order valence-corrected chi connectivity index (χ0v) is 20.0. The summed E-state index contributed by atoms with van der Waals surface area (Å²) in [4.78, 5) is 26.6. The van der Waals surface area contributed by atoms with Gasteiger partial charge in [0.25, 0.3) is 0 Å².